The SMILES string of the molecule is CCOC(=O)N[C@@H](CC(=O)OC)C(O)(c1ccccc1)c1ccccc1. The summed E-state index contributed by atoms with van der Waals surface area (Å²) in [5, 5.41) is 14.3. The van der Waals surface area contributed by atoms with Crippen LogP contribution >= 0.6 is 0 Å². The highest BCUT2D eigenvalue weighted by Crippen LogP contribution is 2.34. The molecule has 0 unspecified atom stereocenters. The van der Waals surface area contributed by atoms with E-state index >= 15 is 0 Å². The van der Waals surface area contributed by atoms with Crippen molar-refractivity contribution in [1.82, 2.24) is 5.32 Å². The predicted molar refractivity (Wildman–Crippen MR) is 96.5 cm³/mol. The first-order chi connectivity index (χ1) is 12.5. The minimum atomic E-state index is -1.65. The zero-order chi connectivity index (χ0) is 19.0. The number of carbonyl (C=O) groups is 2. The quantitative estimate of drug-likeness (QED) is 0.744. The topological polar surface area (TPSA) is 84.9 Å². The highest BCUT2D eigenvalue weighted by molar-refractivity contribution is 5.73. The molecule has 6 nitrogen and oxygen atoms in total. The highest BCUT2D eigenvalue weighted by atomic mass is 16.5. The van der Waals surface area contributed by atoms with Crippen LogP contribution in [0, 0.1) is 0 Å². The number of hydrogen-bond donors (Lipinski definition) is 2. The first kappa shape index (κ1) is 19.5. The first-order valence-electron chi connectivity index (χ1n) is 8.35. The number of amides is 1. The number of nitrogens with one attached hydrogen (secondary N) is 1. The average molecular weight is 357 g/mol. The second-order valence-electron chi connectivity index (χ2n) is 5.70. The van der Waals surface area contributed by atoms with Gasteiger partial charge in [0.2, 0.25) is 0 Å². The van der Waals surface area contributed by atoms with Crippen molar-refractivity contribution < 1.29 is 24.2 Å². The molecule has 26 heavy (non-hydrogen) atoms. The molecule has 2 aromatic carbocycles. The van der Waals surface area contributed by atoms with Crippen LogP contribution < -0.4 is 5.32 Å². The second kappa shape index (κ2) is 9.01. The third kappa shape index (κ3) is 4.40. The van der Waals surface area contributed by atoms with E-state index in [9.17, 15) is 14.7 Å². The normalized spacial score (nSPS) is 12.1. The lowest BCUT2D eigenvalue weighted by Crippen LogP contribution is -2.52. The average Bonchev–Trinajstić information content (AvgIpc) is 2.68. The summed E-state index contributed by atoms with van der Waals surface area (Å²) in [6.45, 7) is 1.85. The van der Waals surface area contributed by atoms with E-state index in [1.807, 2.05) is 12.1 Å². The Bertz CT molecular complexity index is 678. The summed E-state index contributed by atoms with van der Waals surface area (Å²) in [6, 6.07) is 16.7. The van der Waals surface area contributed by atoms with Crippen LogP contribution in [0.3, 0.4) is 0 Å². The molecule has 6 heteroatoms. The van der Waals surface area contributed by atoms with Crippen LogP contribution in [0.25, 0.3) is 0 Å². The Hall–Kier alpha value is -2.86. The lowest BCUT2D eigenvalue weighted by molar-refractivity contribution is -0.142. The van der Waals surface area contributed by atoms with Crippen molar-refractivity contribution in [2.75, 3.05) is 13.7 Å². The van der Waals surface area contributed by atoms with E-state index in [0.29, 0.717) is 11.1 Å². The maximum Gasteiger partial charge on any atom is 0.407 e. The molecule has 2 N–H and O–H groups in total. The van der Waals surface area contributed by atoms with Crippen LogP contribution in [0.4, 0.5) is 4.79 Å². The molecule has 1 amide bonds. The minimum Gasteiger partial charge on any atom is -0.469 e. The fourth-order valence-corrected chi connectivity index (χ4v) is 2.82. The van der Waals surface area contributed by atoms with Gasteiger partial charge in [0, 0.05) is 0 Å². The van der Waals surface area contributed by atoms with Gasteiger partial charge in [0.25, 0.3) is 0 Å². The largest absolute Gasteiger partial charge is 0.469 e. The van der Waals surface area contributed by atoms with Gasteiger partial charge in [0.1, 0.15) is 5.60 Å². The number of aliphatic hydroxyl groups is 1. The molecule has 0 fully saturated rings. The Labute approximate surface area is 152 Å². The fraction of sp³-hybridized carbons (Fsp3) is 0.300. The Balaban J connectivity index is 2.53. The maximum atomic E-state index is 12.0. The number of benzene rings is 2. The van der Waals surface area contributed by atoms with Gasteiger partial charge in [-0.25, -0.2) is 4.79 Å². The number of hydrogen-bond acceptors (Lipinski definition) is 5. The minimum absolute atomic E-state index is 0.173. The van der Waals surface area contributed by atoms with E-state index in [0.717, 1.165) is 0 Å². The van der Waals surface area contributed by atoms with E-state index in [4.69, 9.17) is 9.47 Å². The molecule has 0 saturated heterocycles. The number of carbonyl (C=O) groups excluding carboxylic acids is 2. The van der Waals surface area contributed by atoms with Gasteiger partial charge in [0.05, 0.1) is 26.2 Å². The van der Waals surface area contributed by atoms with Crippen molar-refractivity contribution in [1.29, 1.82) is 0 Å². The summed E-state index contributed by atoms with van der Waals surface area (Å²) in [7, 11) is 1.26. The van der Waals surface area contributed by atoms with Crippen molar-refractivity contribution in [3.8, 4) is 0 Å². The monoisotopic (exact) mass is 357 g/mol. The molecule has 0 saturated carbocycles. The summed E-state index contributed by atoms with van der Waals surface area (Å²) < 4.78 is 9.69. The number of ether oxygens (including phenoxy) is 2. The molecule has 0 radical (unpaired) electrons. The molecule has 1 atom stereocenters. The summed E-state index contributed by atoms with van der Waals surface area (Å²) in [5.41, 5.74) is -0.572. The Morgan fingerprint density at radius 3 is 1.96 bits per heavy atom. The Kier molecular flexibility index (Phi) is 6.74. The fourth-order valence-electron chi connectivity index (χ4n) is 2.82. The molecule has 0 heterocycles. The van der Waals surface area contributed by atoms with Crippen molar-refractivity contribution in [3.63, 3.8) is 0 Å². The van der Waals surface area contributed by atoms with Gasteiger partial charge >= 0.3 is 12.1 Å². The third-order valence-corrected chi connectivity index (χ3v) is 4.10. The molecule has 2 aromatic rings. The van der Waals surface area contributed by atoms with Gasteiger partial charge in [0.15, 0.2) is 0 Å². The Morgan fingerprint density at radius 1 is 1.04 bits per heavy atom. The van der Waals surface area contributed by atoms with Gasteiger partial charge in [-0.3, -0.25) is 4.79 Å². The molecule has 0 aliphatic rings. The maximum absolute atomic E-state index is 12.0. The van der Waals surface area contributed by atoms with E-state index in [1.165, 1.54) is 7.11 Å². The van der Waals surface area contributed by atoms with Gasteiger partial charge in [-0.2, -0.15) is 0 Å². The summed E-state index contributed by atoms with van der Waals surface area (Å²) in [5.74, 6) is -0.558. The molecule has 2 rings (SSSR count). The van der Waals surface area contributed by atoms with Crippen LogP contribution in [0.5, 0.6) is 0 Å². The van der Waals surface area contributed by atoms with E-state index in [2.05, 4.69) is 5.32 Å². The zero-order valence-corrected chi connectivity index (χ0v) is 14.8. The van der Waals surface area contributed by atoms with Gasteiger partial charge in [-0.1, -0.05) is 60.7 Å². The third-order valence-electron chi connectivity index (χ3n) is 4.10. The van der Waals surface area contributed by atoms with E-state index in [-0.39, 0.29) is 13.0 Å². The van der Waals surface area contributed by atoms with Gasteiger partial charge < -0.3 is 19.9 Å². The summed E-state index contributed by atoms with van der Waals surface area (Å²) >= 11 is 0. The molecule has 0 aromatic heterocycles. The van der Waals surface area contributed by atoms with Crippen LogP contribution in [0.2, 0.25) is 0 Å². The molecule has 0 aliphatic heterocycles. The molecule has 138 valence electrons. The number of rotatable bonds is 7. The smallest absolute Gasteiger partial charge is 0.407 e. The standard InChI is InChI=1S/C20H23NO5/c1-3-26-19(23)21-17(14-18(22)25-2)20(24,15-10-6-4-7-11-15)16-12-8-5-9-13-16/h4-13,17,24H,3,14H2,1-2H3,(H,21,23)/t17-/m0/s1. The molecular weight excluding hydrogens is 334 g/mol. The second-order valence-corrected chi connectivity index (χ2v) is 5.70. The predicted octanol–water partition coefficient (Wildman–Crippen LogP) is 2.60. The first-order valence-corrected chi connectivity index (χ1v) is 8.35. The molecule has 0 bridgehead atoms. The van der Waals surface area contributed by atoms with Crippen LogP contribution in [-0.2, 0) is 19.9 Å². The van der Waals surface area contributed by atoms with Crippen LogP contribution in [0.15, 0.2) is 60.7 Å². The lowest BCUT2D eigenvalue weighted by Gasteiger charge is -2.37. The molecule has 0 spiro atoms. The lowest BCUT2D eigenvalue weighted by atomic mass is 9.79. The van der Waals surface area contributed by atoms with Crippen LogP contribution in [0.1, 0.15) is 24.5 Å². The van der Waals surface area contributed by atoms with Gasteiger partial charge in [-0.15, -0.1) is 0 Å². The van der Waals surface area contributed by atoms with Crippen molar-refractivity contribution >= 4 is 12.1 Å². The van der Waals surface area contributed by atoms with E-state index in [1.54, 1.807) is 55.5 Å². The van der Waals surface area contributed by atoms with Crippen LogP contribution in [-0.4, -0.2) is 36.9 Å². The van der Waals surface area contributed by atoms with Crippen molar-refractivity contribution in [2.45, 2.75) is 25.0 Å². The highest BCUT2D eigenvalue weighted by Gasteiger charge is 2.42. The summed E-state index contributed by atoms with van der Waals surface area (Å²) in [4.78, 5) is 24.0. The summed E-state index contributed by atoms with van der Waals surface area (Å²) in [6.07, 6.45) is -0.943. The van der Waals surface area contributed by atoms with Crippen molar-refractivity contribution in [3.05, 3.63) is 71.8 Å². The number of alkyl carbamates (subject to hydrolysis) is 1. The Morgan fingerprint density at radius 2 is 1.54 bits per heavy atom. The zero-order valence-electron chi connectivity index (χ0n) is 14.8. The number of methoxy groups -OCH3 is 1. The molecular formula is C20H23NO5. The van der Waals surface area contributed by atoms with Gasteiger partial charge in [-0.05, 0) is 18.1 Å². The number of esters is 1. The van der Waals surface area contributed by atoms with E-state index < -0.39 is 23.7 Å². The van der Waals surface area contributed by atoms with Crippen molar-refractivity contribution in [2.24, 2.45) is 0 Å². The molecule has 0 aliphatic carbocycles.